The van der Waals surface area contributed by atoms with Crippen LogP contribution in [0.1, 0.15) is 58.3 Å². The highest BCUT2D eigenvalue weighted by molar-refractivity contribution is 4.89. The first-order valence-electron chi connectivity index (χ1n) is 9.33. The molecule has 1 saturated carbocycles. The molecule has 2 rings (SSSR count). The predicted octanol–water partition coefficient (Wildman–Crippen LogP) is 2.96. The molecule has 124 valence electrons. The summed E-state index contributed by atoms with van der Waals surface area (Å²) in [4.78, 5) is 5.18. The van der Waals surface area contributed by atoms with Gasteiger partial charge in [0.05, 0.1) is 0 Å². The number of piperidine rings is 1. The smallest absolute Gasteiger partial charge is 0.0249 e. The number of rotatable bonds is 6. The fraction of sp³-hybridized carbons (Fsp3) is 1.00. The van der Waals surface area contributed by atoms with Crippen LogP contribution in [0.5, 0.6) is 0 Å². The Balaban J connectivity index is 1.85. The van der Waals surface area contributed by atoms with Crippen molar-refractivity contribution in [2.75, 3.05) is 40.3 Å². The third-order valence-electron chi connectivity index (χ3n) is 5.38. The molecule has 2 fully saturated rings. The SMILES string of the molecule is CCCNC1CCCCCC1N1CCC(CN(C)C)CC1. The molecule has 0 radical (unpaired) electrons. The largest absolute Gasteiger partial charge is 0.312 e. The van der Waals surface area contributed by atoms with Crippen molar-refractivity contribution in [3.63, 3.8) is 0 Å². The number of hydrogen-bond acceptors (Lipinski definition) is 3. The highest BCUT2D eigenvalue weighted by Gasteiger charge is 2.31. The van der Waals surface area contributed by atoms with Gasteiger partial charge in [0.15, 0.2) is 0 Å². The Labute approximate surface area is 132 Å². The van der Waals surface area contributed by atoms with Crippen molar-refractivity contribution < 1.29 is 0 Å². The first kappa shape index (κ1) is 17.2. The van der Waals surface area contributed by atoms with E-state index in [0.29, 0.717) is 0 Å². The van der Waals surface area contributed by atoms with E-state index < -0.39 is 0 Å². The summed E-state index contributed by atoms with van der Waals surface area (Å²) >= 11 is 0. The van der Waals surface area contributed by atoms with Gasteiger partial charge in [0.1, 0.15) is 0 Å². The number of likely N-dealkylation sites (tertiary alicyclic amines) is 1. The third-order valence-corrected chi connectivity index (χ3v) is 5.38. The first-order chi connectivity index (χ1) is 10.2. The predicted molar refractivity (Wildman–Crippen MR) is 91.8 cm³/mol. The molecule has 2 aliphatic rings. The van der Waals surface area contributed by atoms with Crippen molar-refractivity contribution in [3.8, 4) is 0 Å². The summed E-state index contributed by atoms with van der Waals surface area (Å²) in [7, 11) is 4.42. The van der Waals surface area contributed by atoms with Gasteiger partial charge in [-0.25, -0.2) is 0 Å². The lowest BCUT2D eigenvalue weighted by Crippen LogP contribution is -2.52. The van der Waals surface area contributed by atoms with Gasteiger partial charge >= 0.3 is 0 Å². The Bertz CT molecular complexity index is 272. The van der Waals surface area contributed by atoms with Gasteiger partial charge < -0.3 is 10.2 Å². The number of nitrogens with zero attached hydrogens (tertiary/aromatic N) is 2. The third kappa shape index (κ3) is 5.54. The van der Waals surface area contributed by atoms with Crippen LogP contribution in [-0.2, 0) is 0 Å². The van der Waals surface area contributed by atoms with Crippen LogP contribution in [0.2, 0.25) is 0 Å². The molecule has 0 aromatic carbocycles. The summed E-state index contributed by atoms with van der Waals surface area (Å²) in [5.41, 5.74) is 0. The molecule has 1 heterocycles. The maximum absolute atomic E-state index is 3.85. The molecular formula is C18H37N3. The van der Waals surface area contributed by atoms with Gasteiger partial charge in [-0.05, 0) is 71.8 Å². The highest BCUT2D eigenvalue weighted by Crippen LogP contribution is 2.27. The van der Waals surface area contributed by atoms with Gasteiger partial charge in [-0.2, -0.15) is 0 Å². The molecule has 2 unspecified atom stereocenters. The summed E-state index contributed by atoms with van der Waals surface area (Å²) in [6.07, 6.45) is 11.2. The van der Waals surface area contributed by atoms with E-state index in [9.17, 15) is 0 Å². The molecule has 0 aromatic rings. The Morgan fingerprint density at radius 2 is 1.71 bits per heavy atom. The average Bonchev–Trinajstić information content (AvgIpc) is 2.70. The van der Waals surface area contributed by atoms with E-state index in [1.54, 1.807) is 0 Å². The van der Waals surface area contributed by atoms with Crippen LogP contribution >= 0.6 is 0 Å². The van der Waals surface area contributed by atoms with Crippen molar-refractivity contribution in [1.29, 1.82) is 0 Å². The molecule has 1 N–H and O–H groups in total. The van der Waals surface area contributed by atoms with Crippen LogP contribution < -0.4 is 5.32 Å². The minimum atomic E-state index is 0.748. The zero-order valence-corrected chi connectivity index (χ0v) is 14.6. The fourth-order valence-corrected chi connectivity index (χ4v) is 4.28. The van der Waals surface area contributed by atoms with E-state index in [1.165, 1.54) is 77.5 Å². The van der Waals surface area contributed by atoms with Crippen LogP contribution in [0.3, 0.4) is 0 Å². The standard InChI is InChI=1S/C18H37N3/c1-4-12-19-17-8-6-5-7-9-18(17)21-13-10-16(11-14-21)15-20(2)3/h16-19H,4-15H2,1-3H3. The number of nitrogens with one attached hydrogen (secondary N) is 1. The Hall–Kier alpha value is -0.120. The van der Waals surface area contributed by atoms with Gasteiger partial charge in [-0.15, -0.1) is 0 Å². The molecule has 21 heavy (non-hydrogen) atoms. The van der Waals surface area contributed by atoms with E-state index in [1.807, 2.05) is 0 Å². The minimum Gasteiger partial charge on any atom is -0.312 e. The topological polar surface area (TPSA) is 18.5 Å². The zero-order chi connectivity index (χ0) is 15.1. The lowest BCUT2D eigenvalue weighted by atomic mass is 9.92. The maximum atomic E-state index is 3.85. The normalized spacial score (nSPS) is 29.7. The van der Waals surface area contributed by atoms with E-state index in [4.69, 9.17) is 0 Å². The average molecular weight is 296 g/mol. The van der Waals surface area contributed by atoms with Crippen LogP contribution in [0.4, 0.5) is 0 Å². The van der Waals surface area contributed by atoms with Crippen molar-refractivity contribution in [2.24, 2.45) is 5.92 Å². The number of hydrogen-bond donors (Lipinski definition) is 1. The molecule has 1 saturated heterocycles. The summed E-state index contributed by atoms with van der Waals surface area (Å²) in [5, 5.41) is 3.85. The second-order valence-electron chi connectivity index (χ2n) is 7.51. The highest BCUT2D eigenvalue weighted by atomic mass is 15.2. The zero-order valence-electron chi connectivity index (χ0n) is 14.6. The minimum absolute atomic E-state index is 0.748. The molecule has 0 spiro atoms. The summed E-state index contributed by atoms with van der Waals surface area (Å²) in [6.45, 7) is 7.40. The molecule has 2 atom stereocenters. The second-order valence-corrected chi connectivity index (χ2v) is 7.51. The molecule has 0 amide bonds. The van der Waals surface area contributed by atoms with E-state index in [2.05, 4.69) is 36.1 Å². The lowest BCUT2D eigenvalue weighted by Gasteiger charge is -2.41. The van der Waals surface area contributed by atoms with Crippen molar-refractivity contribution >= 4 is 0 Å². The Kier molecular flexibility index (Phi) is 7.48. The first-order valence-corrected chi connectivity index (χ1v) is 9.33. The van der Waals surface area contributed by atoms with Crippen molar-refractivity contribution in [1.82, 2.24) is 15.1 Å². The van der Waals surface area contributed by atoms with Crippen LogP contribution in [0.25, 0.3) is 0 Å². The van der Waals surface area contributed by atoms with Gasteiger partial charge in [0, 0.05) is 18.6 Å². The summed E-state index contributed by atoms with van der Waals surface area (Å²) in [5.74, 6) is 0.920. The summed E-state index contributed by atoms with van der Waals surface area (Å²) in [6, 6.07) is 1.55. The fourth-order valence-electron chi connectivity index (χ4n) is 4.28. The maximum Gasteiger partial charge on any atom is 0.0249 e. The summed E-state index contributed by atoms with van der Waals surface area (Å²) < 4.78 is 0. The van der Waals surface area contributed by atoms with Gasteiger partial charge in [-0.1, -0.05) is 26.2 Å². The van der Waals surface area contributed by atoms with E-state index in [-0.39, 0.29) is 0 Å². The molecule has 0 bridgehead atoms. The van der Waals surface area contributed by atoms with Gasteiger partial charge in [0.2, 0.25) is 0 Å². The Morgan fingerprint density at radius 1 is 1.00 bits per heavy atom. The van der Waals surface area contributed by atoms with E-state index >= 15 is 0 Å². The van der Waals surface area contributed by atoms with Gasteiger partial charge in [0.25, 0.3) is 0 Å². The molecule has 3 nitrogen and oxygen atoms in total. The molecular weight excluding hydrogens is 258 g/mol. The van der Waals surface area contributed by atoms with Gasteiger partial charge in [-0.3, -0.25) is 4.90 Å². The lowest BCUT2D eigenvalue weighted by molar-refractivity contribution is 0.0929. The van der Waals surface area contributed by atoms with E-state index in [0.717, 1.165) is 18.0 Å². The van der Waals surface area contributed by atoms with Crippen LogP contribution in [0.15, 0.2) is 0 Å². The Morgan fingerprint density at radius 3 is 2.38 bits per heavy atom. The molecule has 3 heteroatoms. The van der Waals surface area contributed by atoms with Crippen LogP contribution in [-0.4, -0.2) is 62.2 Å². The monoisotopic (exact) mass is 295 g/mol. The second kappa shape index (κ2) is 9.12. The van der Waals surface area contributed by atoms with Crippen LogP contribution in [0, 0.1) is 5.92 Å². The van der Waals surface area contributed by atoms with Crippen molar-refractivity contribution in [3.05, 3.63) is 0 Å². The molecule has 1 aliphatic carbocycles. The quantitative estimate of drug-likeness (QED) is 0.760. The molecule has 0 aromatic heterocycles. The van der Waals surface area contributed by atoms with Crippen molar-refractivity contribution in [2.45, 2.75) is 70.4 Å². The molecule has 1 aliphatic heterocycles.